The molecule has 188 valence electrons. The molecule has 2 N–H and O–H groups in total. The van der Waals surface area contributed by atoms with Gasteiger partial charge >= 0.3 is 5.97 Å². The van der Waals surface area contributed by atoms with Crippen molar-refractivity contribution in [2.24, 2.45) is 0 Å². The highest BCUT2D eigenvalue weighted by atomic mass is 35.5. The highest BCUT2D eigenvalue weighted by Crippen LogP contribution is 2.26. The molecule has 1 aliphatic rings. The first kappa shape index (κ1) is 25.7. The van der Waals surface area contributed by atoms with E-state index in [1.807, 2.05) is 30.3 Å². The van der Waals surface area contributed by atoms with Gasteiger partial charge < -0.3 is 15.4 Å². The number of carbonyl (C=O) groups is 4. The molecule has 0 atom stereocenters. The minimum Gasteiger partial charge on any atom is -0.462 e. The highest BCUT2D eigenvalue weighted by molar-refractivity contribution is 6.48. The average molecular weight is 518 g/mol. The van der Waals surface area contributed by atoms with Crippen LogP contribution in [-0.2, 0) is 20.7 Å². The Labute approximate surface area is 218 Å². The van der Waals surface area contributed by atoms with Crippen LogP contribution in [0, 0.1) is 0 Å². The van der Waals surface area contributed by atoms with E-state index in [0.29, 0.717) is 28.9 Å². The fraction of sp³-hybridized carbons (Fsp3) is 0.143. The maximum atomic E-state index is 12.9. The van der Waals surface area contributed by atoms with Crippen LogP contribution in [0.25, 0.3) is 0 Å². The minimum absolute atomic E-state index is 0.0422. The Morgan fingerprint density at radius 3 is 2.27 bits per heavy atom. The second-order valence-electron chi connectivity index (χ2n) is 8.15. The van der Waals surface area contributed by atoms with Crippen LogP contribution in [0.4, 0.5) is 11.4 Å². The molecule has 0 spiro atoms. The third-order valence-corrected chi connectivity index (χ3v) is 5.95. The van der Waals surface area contributed by atoms with Crippen LogP contribution < -0.4 is 10.6 Å². The van der Waals surface area contributed by atoms with E-state index in [2.05, 4.69) is 10.6 Å². The van der Waals surface area contributed by atoms with Crippen molar-refractivity contribution in [1.29, 1.82) is 0 Å². The molecule has 0 bridgehead atoms. The van der Waals surface area contributed by atoms with E-state index in [-0.39, 0.29) is 23.9 Å². The first-order valence-electron chi connectivity index (χ1n) is 11.6. The van der Waals surface area contributed by atoms with Gasteiger partial charge in [-0.1, -0.05) is 54.1 Å². The lowest BCUT2D eigenvalue weighted by Gasteiger charge is -2.15. The topological polar surface area (TPSA) is 105 Å². The second kappa shape index (κ2) is 11.5. The van der Waals surface area contributed by atoms with Crippen LogP contribution in [-0.4, -0.2) is 41.7 Å². The molecule has 3 aromatic carbocycles. The molecule has 0 fully saturated rings. The van der Waals surface area contributed by atoms with Crippen molar-refractivity contribution in [3.05, 3.63) is 106 Å². The Balaban J connectivity index is 1.43. The Morgan fingerprint density at radius 2 is 1.54 bits per heavy atom. The van der Waals surface area contributed by atoms with Gasteiger partial charge in [0.2, 0.25) is 0 Å². The number of halogens is 1. The number of esters is 1. The normalized spacial score (nSPS) is 13.1. The van der Waals surface area contributed by atoms with Gasteiger partial charge in [0.05, 0.1) is 12.2 Å². The summed E-state index contributed by atoms with van der Waals surface area (Å²) in [6.07, 6.45) is 0.503. The molecule has 0 unspecified atom stereocenters. The monoisotopic (exact) mass is 517 g/mol. The van der Waals surface area contributed by atoms with Gasteiger partial charge in [0.1, 0.15) is 10.7 Å². The summed E-state index contributed by atoms with van der Waals surface area (Å²) in [5.41, 5.74) is 2.39. The Bertz CT molecular complexity index is 1390. The van der Waals surface area contributed by atoms with Crippen molar-refractivity contribution in [2.75, 3.05) is 23.8 Å². The molecule has 0 aromatic heterocycles. The number of benzene rings is 3. The molecule has 0 saturated heterocycles. The molecule has 3 amide bonds. The lowest BCUT2D eigenvalue weighted by atomic mass is 10.1. The fourth-order valence-electron chi connectivity index (χ4n) is 3.77. The van der Waals surface area contributed by atoms with Crippen molar-refractivity contribution in [2.45, 2.75) is 13.3 Å². The van der Waals surface area contributed by atoms with Gasteiger partial charge in [-0.15, -0.1) is 0 Å². The molecular formula is C28H24ClN3O5. The number of nitrogens with zero attached hydrogens (tertiary/aromatic N) is 1. The smallest absolute Gasteiger partial charge is 0.338 e. The number of amides is 3. The van der Waals surface area contributed by atoms with Gasteiger partial charge in [-0.3, -0.25) is 19.3 Å². The molecule has 4 rings (SSSR count). The number of imide groups is 1. The van der Waals surface area contributed by atoms with Gasteiger partial charge in [0.25, 0.3) is 17.7 Å². The lowest BCUT2D eigenvalue weighted by Crippen LogP contribution is -2.34. The number of ether oxygens (including phenoxy) is 1. The zero-order valence-electron chi connectivity index (χ0n) is 20.0. The fourth-order valence-corrected chi connectivity index (χ4v) is 4.00. The molecule has 1 heterocycles. The first-order valence-corrected chi connectivity index (χ1v) is 12.0. The van der Waals surface area contributed by atoms with Crippen LogP contribution in [0.1, 0.15) is 33.2 Å². The van der Waals surface area contributed by atoms with Gasteiger partial charge in [-0.2, -0.15) is 0 Å². The van der Waals surface area contributed by atoms with E-state index in [0.717, 1.165) is 10.5 Å². The van der Waals surface area contributed by atoms with E-state index >= 15 is 0 Å². The van der Waals surface area contributed by atoms with Crippen LogP contribution in [0.3, 0.4) is 0 Å². The number of carbonyl (C=O) groups excluding carboxylic acids is 4. The number of anilines is 2. The summed E-state index contributed by atoms with van der Waals surface area (Å²) in [6.45, 7) is 2.15. The minimum atomic E-state index is -0.569. The average Bonchev–Trinajstić information content (AvgIpc) is 3.11. The van der Waals surface area contributed by atoms with Crippen LogP contribution in [0.2, 0.25) is 0 Å². The predicted molar refractivity (Wildman–Crippen MR) is 140 cm³/mol. The molecule has 0 saturated carbocycles. The van der Waals surface area contributed by atoms with E-state index in [4.69, 9.17) is 16.3 Å². The van der Waals surface area contributed by atoms with Gasteiger partial charge in [-0.05, 0) is 55.3 Å². The highest BCUT2D eigenvalue weighted by Gasteiger charge is 2.37. The summed E-state index contributed by atoms with van der Waals surface area (Å²) in [6, 6.07) is 22.3. The van der Waals surface area contributed by atoms with Crippen molar-refractivity contribution < 1.29 is 23.9 Å². The first-order chi connectivity index (χ1) is 17.9. The molecule has 1 aliphatic heterocycles. The summed E-state index contributed by atoms with van der Waals surface area (Å²) in [4.78, 5) is 51.4. The van der Waals surface area contributed by atoms with Gasteiger partial charge in [-0.25, -0.2) is 4.79 Å². The lowest BCUT2D eigenvalue weighted by molar-refractivity contribution is -0.137. The third-order valence-electron chi connectivity index (χ3n) is 5.60. The number of nitrogens with one attached hydrogen (secondary N) is 2. The second-order valence-corrected chi connectivity index (χ2v) is 8.53. The molecule has 9 heteroatoms. The molecule has 3 aromatic rings. The van der Waals surface area contributed by atoms with E-state index < -0.39 is 23.7 Å². The number of hydrogen-bond donors (Lipinski definition) is 2. The van der Waals surface area contributed by atoms with Crippen LogP contribution >= 0.6 is 11.6 Å². The quantitative estimate of drug-likeness (QED) is 0.318. The maximum absolute atomic E-state index is 12.9. The van der Waals surface area contributed by atoms with Crippen molar-refractivity contribution in [3.8, 4) is 0 Å². The number of rotatable bonds is 9. The number of hydrogen-bond acceptors (Lipinski definition) is 6. The summed E-state index contributed by atoms with van der Waals surface area (Å²) in [5.74, 6) is -2.01. The van der Waals surface area contributed by atoms with Crippen molar-refractivity contribution >= 4 is 46.7 Å². The summed E-state index contributed by atoms with van der Waals surface area (Å²) in [5, 5.41) is 5.42. The molecule has 8 nitrogen and oxygen atoms in total. The Kier molecular flexibility index (Phi) is 8.00. The summed E-state index contributed by atoms with van der Waals surface area (Å²) in [7, 11) is 0. The van der Waals surface area contributed by atoms with Gasteiger partial charge in [0, 0.05) is 23.5 Å². The standard InChI is InChI=1S/C28H24ClN3O5/c1-2-37-28(36)20-11-7-13-22(17-20)31-25(33)19-10-6-12-21(16-19)30-24-23(29)26(34)32(27(24)35)15-14-18-8-4-3-5-9-18/h3-13,16-17,30H,2,14-15H2,1H3,(H,31,33). The van der Waals surface area contributed by atoms with Crippen LogP contribution in [0.5, 0.6) is 0 Å². The van der Waals surface area contributed by atoms with E-state index in [1.165, 1.54) is 12.1 Å². The zero-order valence-corrected chi connectivity index (χ0v) is 20.7. The van der Waals surface area contributed by atoms with Crippen molar-refractivity contribution in [3.63, 3.8) is 0 Å². The Hall–Kier alpha value is -4.43. The predicted octanol–water partition coefficient (Wildman–Crippen LogP) is 4.59. The molecule has 37 heavy (non-hydrogen) atoms. The van der Waals surface area contributed by atoms with E-state index in [1.54, 1.807) is 43.3 Å². The third kappa shape index (κ3) is 6.05. The summed E-state index contributed by atoms with van der Waals surface area (Å²) >= 11 is 6.21. The molecule has 0 radical (unpaired) electrons. The molecular weight excluding hydrogens is 494 g/mol. The molecule has 0 aliphatic carbocycles. The zero-order chi connectivity index (χ0) is 26.4. The maximum Gasteiger partial charge on any atom is 0.338 e. The van der Waals surface area contributed by atoms with Gasteiger partial charge in [0.15, 0.2) is 0 Å². The van der Waals surface area contributed by atoms with Crippen molar-refractivity contribution in [1.82, 2.24) is 4.90 Å². The largest absolute Gasteiger partial charge is 0.462 e. The SMILES string of the molecule is CCOC(=O)c1cccc(NC(=O)c2cccc(NC3=C(Cl)C(=O)N(CCc4ccccc4)C3=O)c2)c1. The van der Waals surface area contributed by atoms with E-state index in [9.17, 15) is 19.2 Å². The Morgan fingerprint density at radius 1 is 0.865 bits per heavy atom. The van der Waals surface area contributed by atoms with Crippen LogP contribution in [0.15, 0.2) is 89.6 Å². The summed E-state index contributed by atoms with van der Waals surface area (Å²) < 4.78 is 4.99.